The summed E-state index contributed by atoms with van der Waals surface area (Å²) in [5.41, 5.74) is 6.67. The van der Waals surface area contributed by atoms with Gasteiger partial charge in [0.2, 0.25) is 0 Å². The van der Waals surface area contributed by atoms with Crippen LogP contribution in [0.3, 0.4) is 0 Å². The molecule has 0 saturated heterocycles. The van der Waals surface area contributed by atoms with Crippen LogP contribution in [0.25, 0.3) is 0 Å². The van der Waals surface area contributed by atoms with Gasteiger partial charge in [-0.1, -0.05) is 12.2 Å². The molecule has 0 atom stereocenters. The van der Waals surface area contributed by atoms with Crippen molar-refractivity contribution in [2.75, 3.05) is 5.32 Å². The average Bonchev–Trinajstić information content (AvgIpc) is 3.24. The summed E-state index contributed by atoms with van der Waals surface area (Å²) in [5, 5.41) is 3.39. The highest BCUT2D eigenvalue weighted by Gasteiger charge is 2.41. The molecule has 5 heteroatoms. The van der Waals surface area contributed by atoms with Crippen LogP contribution in [-0.4, -0.2) is 11.0 Å². The van der Waals surface area contributed by atoms with Gasteiger partial charge >= 0.3 is 0 Å². The standard InChI is InChI=1S/C14H16BrFN2S/c15-11-9(14(17)19)5-6-10(12(11)16)18-13(7-1-2-7)8-3-4-8/h5-8,13,18H,1-4H2,(H2,17,19). The molecule has 102 valence electrons. The summed E-state index contributed by atoms with van der Waals surface area (Å²) >= 11 is 8.15. The fourth-order valence-electron chi connectivity index (χ4n) is 2.56. The van der Waals surface area contributed by atoms with Crippen LogP contribution < -0.4 is 11.1 Å². The maximum absolute atomic E-state index is 14.3. The second-order valence-corrected chi connectivity index (χ2v) is 6.73. The third-order valence-corrected chi connectivity index (χ3v) is 4.92. The lowest BCUT2D eigenvalue weighted by Crippen LogP contribution is -2.25. The van der Waals surface area contributed by atoms with Gasteiger partial charge < -0.3 is 11.1 Å². The molecule has 1 aromatic carbocycles. The minimum absolute atomic E-state index is 0.207. The smallest absolute Gasteiger partial charge is 0.161 e. The van der Waals surface area contributed by atoms with E-state index in [4.69, 9.17) is 18.0 Å². The Bertz CT molecular complexity index is 514. The van der Waals surface area contributed by atoms with E-state index in [1.807, 2.05) is 0 Å². The van der Waals surface area contributed by atoms with Crippen molar-refractivity contribution in [3.05, 3.63) is 28.0 Å². The van der Waals surface area contributed by atoms with E-state index < -0.39 is 0 Å². The minimum atomic E-state index is -0.295. The average molecular weight is 343 g/mol. The van der Waals surface area contributed by atoms with Crippen molar-refractivity contribution < 1.29 is 4.39 Å². The lowest BCUT2D eigenvalue weighted by atomic mass is 10.1. The minimum Gasteiger partial charge on any atom is -0.389 e. The normalized spacial score (nSPS) is 18.7. The highest BCUT2D eigenvalue weighted by molar-refractivity contribution is 9.10. The Morgan fingerprint density at radius 3 is 2.37 bits per heavy atom. The number of halogens is 2. The van der Waals surface area contributed by atoms with Crippen molar-refractivity contribution in [3.8, 4) is 0 Å². The summed E-state index contributed by atoms with van der Waals surface area (Å²) in [5.74, 6) is 1.15. The first-order chi connectivity index (χ1) is 9.08. The fourth-order valence-corrected chi connectivity index (χ4v) is 3.42. The van der Waals surface area contributed by atoms with Crippen molar-refractivity contribution in [1.82, 2.24) is 0 Å². The van der Waals surface area contributed by atoms with Gasteiger partial charge in [0.05, 0.1) is 10.2 Å². The summed E-state index contributed by atoms with van der Waals surface area (Å²) in [4.78, 5) is 0.207. The molecule has 0 spiro atoms. The number of hydrogen-bond donors (Lipinski definition) is 2. The Morgan fingerprint density at radius 2 is 1.89 bits per heavy atom. The van der Waals surface area contributed by atoms with E-state index in [2.05, 4.69) is 21.2 Å². The van der Waals surface area contributed by atoms with Gasteiger partial charge in [-0.15, -0.1) is 0 Å². The van der Waals surface area contributed by atoms with Crippen LogP contribution >= 0.6 is 28.1 Å². The van der Waals surface area contributed by atoms with Crippen molar-refractivity contribution in [2.24, 2.45) is 17.6 Å². The SMILES string of the molecule is NC(=S)c1ccc(NC(C2CC2)C2CC2)c(F)c1Br. The number of thiocarbonyl (C=S) groups is 1. The number of nitrogens with one attached hydrogen (secondary N) is 1. The third-order valence-electron chi connectivity index (χ3n) is 3.93. The summed E-state index contributed by atoms with van der Waals surface area (Å²) in [6.07, 6.45) is 5.06. The Kier molecular flexibility index (Phi) is 3.52. The molecule has 0 aromatic heterocycles. The van der Waals surface area contributed by atoms with E-state index >= 15 is 0 Å². The fraction of sp³-hybridized carbons (Fsp3) is 0.500. The highest BCUT2D eigenvalue weighted by Crippen LogP contribution is 2.46. The molecule has 2 aliphatic carbocycles. The summed E-state index contributed by atoms with van der Waals surface area (Å²) in [6.45, 7) is 0. The topological polar surface area (TPSA) is 38.0 Å². The zero-order valence-corrected chi connectivity index (χ0v) is 12.9. The number of anilines is 1. The largest absolute Gasteiger partial charge is 0.389 e. The number of hydrogen-bond acceptors (Lipinski definition) is 2. The van der Waals surface area contributed by atoms with Gasteiger partial charge in [-0.3, -0.25) is 0 Å². The first-order valence-electron chi connectivity index (χ1n) is 6.62. The van der Waals surface area contributed by atoms with Crippen molar-refractivity contribution >= 4 is 38.8 Å². The molecule has 2 fully saturated rings. The zero-order chi connectivity index (χ0) is 13.6. The van der Waals surface area contributed by atoms with Crippen LogP contribution in [0, 0.1) is 17.7 Å². The summed E-state index contributed by atoms with van der Waals surface area (Å²) < 4.78 is 14.7. The lowest BCUT2D eigenvalue weighted by Gasteiger charge is -2.20. The quantitative estimate of drug-likeness (QED) is 0.798. The van der Waals surface area contributed by atoms with Gasteiger partial charge in [0.1, 0.15) is 4.99 Å². The van der Waals surface area contributed by atoms with E-state index in [1.54, 1.807) is 12.1 Å². The summed E-state index contributed by atoms with van der Waals surface area (Å²) in [6, 6.07) is 3.94. The maximum atomic E-state index is 14.3. The first-order valence-corrected chi connectivity index (χ1v) is 7.82. The van der Waals surface area contributed by atoms with Crippen LogP contribution in [0.2, 0.25) is 0 Å². The van der Waals surface area contributed by atoms with Gasteiger partial charge in [0.25, 0.3) is 0 Å². The van der Waals surface area contributed by atoms with Crippen LogP contribution in [0.1, 0.15) is 31.2 Å². The van der Waals surface area contributed by atoms with Crippen LogP contribution in [-0.2, 0) is 0 Å². The Hall–Kier alpha value is -0.680. The van der Waals surface area contributed by atoms with E-state index in [0.717, 1.165) is 11.8 Å². The van der Waals surface area contributed by atoms with Gasteiger partial charge in [0, 0.05) is 11.6 Å². The van der Waals surface area contributed by atoms with Gasteiger partial charge in [-0.25, -0.2) is 4.39 Å². The van der Waals surface area contributed by atoms with Crippen molar-refractivity contribution in [1.29, 1.82) is 0 Å². The molecule has 0 radical (unpaired) electrons. The monoisotopic (exact) mass is 342 g/mol. The molecule has 3 N–H and O–H groups in total. The Balaban J connectivity index is 1.84. The van der Waals surface area contributed by atoms with Gasteiger partial charge in [-0.05, 0) is 65.6 Å². The molecule has 1 aromatic rings. The lowest BCUT2D eigenvalue weighted by molar-refractivity contribution is 0.556. The van der Waals surface area contributed by atoms with Gasteiger partial charge in [-0.2, -0.15) is 0 Å². The van der Waals surface area contributed by atoms with Crippen molar-refractivity contribution in [3.63, 3.8) is 0 Å². The Morgan fingerprint density at radius 1 is 1.32 bits per heavy atom. The third kappa shape index (κ3) is 2.77. The van der Waals surface area contributed by atoms with E-state index in [1.165, 1.54) is 25.7 Å². The van der Waals surface area contributed by atoms with E-state index in [-0.39, 0.29) is 10.8 Å². The molecule has 2 saturated carbocycles. The van der Waals surface area contributed by atoms with E-state index in [9.17, 15) is 4.39 Å². The maximum Gasteiger partial charge on any atom is 0.161 e. The molecule has 2 nitrogen and oxygen atoms in total. The predicted molar refractivity (Wildman–Crippen MR) is 82.8 cm³/mol. The molecule has 0 unspecified atom stereocenters. The van der Waals surface area contributed by atoms with E-state index in [0.29, 0.717) is 21.8 Å². The molecule has 0 amide bonds. The molecular weight excluding hydrogens is 327 g/mol. The predicted octanol–water partition coefficient (Wildman–Crippen LogP) is 3.82. The summed E-state index contributed by atoms with van der Waals surface area (Å²) in [7, 11) is 0. The molecule has 2 aliphatic rings. The Labute approximate surface area is 126 Å². The van der Waals surface area contributed by atoms with Gasteiger partial charge in [0.15, 0.2) is 5.82 Å². The molecule has 3 rings (SSSR count). The van der Waals surface area contributed by atoms with Crippen LogP contribution in [0.15, 0.2) is 16.6 Å². The molecular formula is C14H16BrFN2S. The zero-order valence-electron chi connectivity index (χ0n) is 10.5. The first kappa shape index (κ1) is 13.3. The highest BCUT2D eigenvalue weighted by atomic mass is 79.9. The number of nitrogens with two attached hydrogens (primary N) is 1. The molecule has 19 heavy (non-hydrogen) atoms. The second-order valence-electron chi connectivity index (χ2n) is 5.50. The number of rotatable bonds is 5. The molecule has 0 heterocycles. The molecule has 0 bridgehead atoms. The van der Waals surface area contributed by atoms with Crippen LogP contribution in [0.5, 0.6) is 0 Å². The number of benzene rings is 1. The molecule has 0 aliphatic heterocycles. The van der Waals surface area contributed by atoms with Crippen molar-refractivity contribution in [2.45, 2.75) is 31.7 Å². The second kappa shape index (κ2) is 5.02. The van der Waals surface area contributed by atoms with Crippen LogP contribution in [0.4, 0.5) is 10.1 Å².